The summed E-state index contributed by atoms with van der Waals surface area (Å²) >= 11 is 3.39. The lowest BCUT2D eigenvalue weighted by atomic mass is 10.2. The van der Waals surface area contributed by atoms with Crippen LogP contribution in [0.1, 0.15) is 16.8 Å². The molecule has 3 rings (SSSR count). The third kappa shape index (κ3) is 3.03. The van der Waals surface area contributed by atoms with Crippen LogP contribution in [0.3, 0.4) is 0 Å². The maximum Gasteiger partial charge on any atom is 0.335 e. The van der Waals surface area contributed by atoms with Crippen LogP contribution in [0, 0.1) is 0 Å². The lowest BCUT2D eigenvalue weighted by Crippen LogP contribution is -2.35. The zero-order valence-electron chi connectivity index (χ0n) is 12.4. The number of carbonyl (C=O) groups is 3. The predicted molar refractivity (Wildman–Crippen MR) is 92.1 cm³/mol. The highest BCUT2D eigenvalue weighted by atomic mass is 79.9. The third-order valence-corrected chi connectivity index (χ3v) is 4.39. The Bertz CT molecular complexity index is 837. The number of rotatable bonds is 4. The molecule has 1 saturated heterocycles. The lowest BCUT2D eigenvalue weighted by molar-refractivity contribution is -0.121. The number of nitrogens with one attached hydrogen (secondary N) is 1. The van der Waals surface area contributed by atoms with Crippen LogP contribution in [-0.2, 0) is 9.59 Å². The molecule has 1 atom stereocenters. The summed E-state index contributed by atoms with van der Waals surface area (Å²) in [7, 11) is 0. The number of halogens is 1. The monoisotopic (exact) mass is 388 g/mol. The summed E-state index contributed by atoms with van der Waals surface area (Å²) in [5, 5.41) is 12.1. The van der Waals surface area contributed by atoms with Gasteiger partial charge in [0, 0.05) is 10.2 Å². The van der Waals surface area contributed by atoms with E-state index in [4.69, 9.17) is 5.11 Å². The molecular weight excluding hydrogens is 376 g/mol. The highest BCUT2D eigenvalue weighted by Crippen LogP contribution is 2.28. The smallest absolute Gasteiger partial charge is 0.335 e. The van der Waals surface area contributed by atoms with E-state index in [-0.39, 0.29) is 23.6 Å². The second kappa shape index (κ2) is 6.45. The van der Waals surface area contributed by atoms with E-state index < -0.39 is 17.9 Å². The number of anilines is 2. The Kier molecular flexibility index (Phi) is 4.35. The first-order valence-corrected chi connectivity index (χ1v) is 7.98. The number of imide groups is 1. The summed E-state index contributed by atoms with van der Waals surface area (Å²) < 4.78 is 0.788. The van der Waals surface area contributed by atoms with E-state index in [1.165, 1.54) is 18.2 Å². The number of nitrogens with zero attached hydrogens (tertiary/aromatic N) is 1. The van der Waals surface area contributed by atoms with Crippen molar-refractivity contribution < 1.29 is 19.5 Å². The number of carboxylic acid groups (broad SMARTS) is 1. The van der Waals surface area contributed by atoms with Crippen molar-refractivity contribution in [2.24, 2.45) is 0 Å². The maximum atomic E-state index is 12.6. The summed E-state index contributed by atoms with van der Waals surface area (Å²) in [6, 6.07) is 12.4. The summed E-state index contributed by atoms with van der Waals surface area (Å²) in [4.78, 5) is 36.9. The van der Waals surface area contributed by atoms with Crippen molar-refractivity contribution in [2.45, 2.75) is 12.5 Å². The SMILES string of the molecule is O=C(O)c1cccc(N2C(=O)C[C@@H](Nc3ccccc3Br)C2=O)c1. The molecule has 2 amide bonds. The molecule has 0 radical (unpaired) electrons. The molecule has 0 unspecified atom stereocenters. The number of hydrogen-bond acceptors (Lipinski definition) is 4. The molecule has 2 aromatic carbocycles. The van der Waals surface area contributed by atoms with E-state index in [1.54, 1.807) is 12.1 Å². The van der Waals surface area contributed by atoms with E-state index in [9.17, 15) is 14.4 Å². The van der Waals surface area contributed by atoms with Gasteiger partial charge in [-0.05, 0) is 46.3 Å². The molecule has 0 aromatic heterocycles. The van der Waals surface area contributed by atoms with Gasteiger partial charge in [0.15, 0.2) is 0 Å². The zero-order chi connectivity index (χ0) is 17.3. The highest BCUT2D eigenvalue weighted by molar-refractivity contribution is 9.10. The zero-order valence-corrected chi connectivity index (χ0v) is 14.0. The minimum absolute atomic E-state index is 0.0114. The first-order chi connectivity index (χ1) is 11.5. The van der Waals surface area contributed by atoms with Gasteiger partial charge in [-0.3, -0.25) is 9.59 Å². The van der Waals surface area contributed by atoms with Crippen LogP contribution >= 0.6 is 15.9 Å². The fraction of sp³-hybridized carbons (Fsp3) is 0.118. The van der Waals surface area contributed by atoms with E-state index in [2.05, 4.69) is 21.2 Å². The van der Waals surface area contributed by atoms with Crippen molar-refractivity contribution >= 4 is 45.1 Å². The molecule has 0 spiro atoms. The maximum absolute atomic E-state index is 12.6. The number of benzene rings is 2. The van der Waals surface area contributed by atoms with Crippen LogP contribution in [0.4, 0.5) is 11.4 Å². The number of amides is 2. The Balaban J connectivity index is 1.86. The van der Waals surface area contributed by atoms with Crippen molar-refractivity contribution in [1.29, 1.82) is 0 Å². The van der Waals surface area contributed by atoms with Crippen molar-refractivity contribution in [2.75, 3.05) is 10.2 Å². The van der Waals surface area contributed by atoms with Crippen LogP contribution in [0.15, 0.2) is 53.0 Å². The molecule has 2 aromatic rings. The Morgan fingerprint density at radius 2 is 1.92 bits per heavy atom. The van der Waals surface area contributed by atoms with Crippen molar-refractivity contribution in [3.8, 4) is 0 Å². The molecule has 6 nitrogen and oxygen atoms in total. The second-order valence-electron chi connectivity index (χ2n) is 5.30. The van der Waals surface area contributed by atoms with Gasteiger partial charge in [-0.2, -0.15) is 0 Å². The van der Waals surface area contributed by atoms with Gasteiger partial charge < -0.3 is 10.4 Å². The van der Waals surface area contributed by atoms with Crippen LogP contribution in [0.2, 0.25) is 0 Å². The number of carbonyl (C=O) groups excluding carboxylic acids is 2. The molecule has 0 bridgehead atoms. The third-order valence-electron chi connectivity index (χ3n) is 3.70. The van der Waals surface area contributed by atoms with Gasteiger partial charge in [0.2, 0.25) is 5.91 Å². The highest BCUT2D eigenvalue weighted by Gasteiger charge is 2.39. The minimum Gasteiger partial charge on any atom is -0.478 e. The number of hydrogen-bond donors (Lipinski definition) is 2. The fourth-order valence-corrected chi connectivity index (χ4v) is 2.96. The second-order valence-corrected chi connectivity index (χ2v) is 6.16. The molecule has 0 saturated carbocycles. The Morgan fingerprint density at radius 3 is 2.62 bits per heavy atom. The number of para-hydroxylation sites is 1. The van der Waals surface area contributed by atoms with Crippen LogP contribution in [-0.4, -0.2) is 28.9 Å². The molecule has 24 heavy (non-hydrogen) atoms. The molecule has 2 N–H and O–H groups in total. The van der Waals surface area contributed by atoms with Gasteiger partial charge in [-0.15, -0.1) is 0 Å². The van der Waals surface area contributed by atoms with Crippen molar-refractivity contribution in [3.05, 3.63) is 58.6 Å². The van der Waals surface area contributed by atoms with Crippen LogP contribution in [0.25, 0.3) is 0 Å². The van der Waals surface area contributed by atoms with E-state index >= 15 is 0 Å². The Hall–Kier alpha value is -2.67. The Labute approximate surface area is 146 Å². The summed E-state index contributed by atoms with van der Waals surface area (Å²) in [5.41, 5.74) is 1.00. The average molecular weight is 389 g/mol. The van der Waals surface area contributed by atoms with E-state index in [1.807, 2.05) is 18.2 Å². The minimum atomic E-state index is -1.11. The van der Waals surface area contributed by atoms with E-state index in [0.29, 0.717) is 5.69 Å². The normalized spacial score (nSPS) is 17.2. The van der Waals surface area contributed by atoms with Crippen molar-refractivity contribution in [3.63, 3.8) is 0 Å². The molecule has 1 fully saturated rings. The Morgan fingerprint density at radius 1 is 1.17 bits per heavy atom. The summed E-state index contributed by atoms with van der Waals surface area (Å²) in [6.07, 6.45) is 0.0114. The number of carboxylic acids is 1. The van der Waals surface area contributed by atoms with Gasteiger partial charge in [0.1, 0.15) is 6.04 Å². The largest absolute Gasteiger partial charge is 0.478 e. The van der Waals surface area contributed by atoms with Gasteiger partial charge in [0.05, 0.1) is 17.7 Å². The van der Waals surface area contributed by atoms with Gasteiger partial charge >= 0.3 is 5.97 Å². The van der Waals surface area contributed by atoms with E-state index in [0.717, 1.165) is 9.37 Å². The average Bonchev–Trinajstić information content (AvgIpc) is 2.83. The summed E-state index contributed by atoms with van der Waals surface area (Å²) in [6.45, 7) is 0. The quantitative estimate of drug-likeness (QED) is 0.786. The molecule has 0 aliphatic carbocycles. The van der Waals surface area contributed by atoms with Crippen molar-refractivity contribution in [1.82, 2.24) is 0 Å². The topological polar surface area (TPSA) is 86.7 Å². The first-order valence-electron chi connectivity index (χ1n) is 7.18. The standard InChI is InChI=1S/C17H13BrN2O4/c18-12-6-1-2-7-13(12)19-14-9-15(21)20(16(14)22)11-5-3-4-10(8-11)17(23)24/h1-8,14,19H,9H2,(H,23,24)/t14-/m1/s1. The molecule has 1 aliphatic heterocycles. The first kappa shape index (κ1) is 16.2. The predicted octanol–water partition coefficient (Wildman–Crippen LogP) is 2.89. The van der Waals surface area contributed by atoms with Gasteiger partial charge in [-0.25, -0.2) is 9.69 Å². The molecular formula is C17H13BrN2O4. The molecule has 1 aliphatic rings. The number of aromatic carboxylic acids is 1. The van der Waals surface area contributed by atoms with Gasteiger partial charge in [-0.1, -0.05) is 18.2 Å². The molecule has 122 valence electrons. The lowest BCUT2D eigenvalue weighted by Gasteiger charge is -2.17. The molecule has 7 heteroatoms. The molecule has 1 heterocycles. The van der Waals surface area contributed by atoms with Crippen LogP contribution in [0.5, 0.6) is 0 Å². The van der Waals surface area contributed by atoms with Gasteiger partial charge in [0.25, 0.3) is 5.91 Å². The fourth-order valence-electron chi connectivity index (χ4n) is 2.56. The summed E-state index contributed by atoms with van der Waals surface area (Å²) in [5.74, 6) is -1.88. The van der Waals surface area contributed by atoms with Crippen LogP contribution < -0.4 is 10.2 Å².